The maximum absolute atomic E-state index is 12.0. The van der Waals surface area contributed by atoms with E-state index in [1.54, 1.807) is 6.07 Å². The van der Waals surface area contributed by atoms with Gasteiger partial charge in [0, 0.05) is 11.1 Å². The number of aliphatic hydroxyl groups excluding tert-OH is 3. The number of fused-ring (bicyclic) bond motifs is 2. The highest BCUT2D eigenvalue weighted by Gasteiger charge is 2.52. The molecule has 16 nitrogen and oxygen atoms in total. The molecule has 0 spiro atoms. The Morgan fingerprint density at radius 3 is 1.50 bits per heavy atom. The van der Waals surface area contributed by atoms with E-state index < -0.39 is 132 Å². The van der Waals surface area contributed by atoms with Crippen LogP contribution in [0.4, 0.5) is 0 Å². The normalized spacial score (nSPS) is 16.9. The molecule has 15 N–H and O–H groups in total. The second-order valence-corrected chi connectivity index (χ2v) is 13.0. The van der Waals surface area contributed by atoms with E-state index in [1.807, 2.05) is 0 Å². The maximum Gasteiger partial charge on any atom is 0.208 e. The first-order chi connectivity index (χ1) is 25.6. The first kappa shape index (κ1) is 32.1. The average molecular weight is 737 g/mol. The summed E-state index contributed by atoms with van der Waals surface area (Å²) in [6, 6.07) is 9.91. The second-order valence-electron chi connectivity index (χ2n) is 13.0. The van der Waals surface area contributed by atoms with Crippen molar-refractivity contribution in [1.29, 1.82) is 0 Å². The third kappa shape index (κ3) is 3.55. The van der Waals surface area contributed by atoms with Crippen LogP contribution in [0.25, 0.3) is 60.5 Å². The van der Waals surface area contributed by atoms with Crippen LogP contribution in [0.3, 0.4) is 0 Å². The van der Waals surface area contributed by atoms with Gasteiger partial charge in [-0.3, -0.25) is 0 Å². The second kappa shape index (κ2) is 10.1. The van der Waals surface area contributed by atoms with E-state index in [0.29, 0.717) is 0 Å². The van der Waals surface area contributed by atoms with Gasteiger partial charge in [0.25, 0.3) is 0 Å². The molecular weight excluding hydrogens is 712 g/mol. The molecule has 0 saturated carbocycles. The number of hydrogen-bond acceptors (Lipinski definition) is 16. The van der Waals surface area contributed by atoms with Crippen LogP contribution in [0, 0.1) is 0 Å². The number of hydrogen-bond donors (Lipinski definition) is 15. The van der Waals surface area contributed by atoms with Crippen LogP contribution >= 0.6 is 0 Å². The summed E-state index contributed by atoms with van der Waals surface area (Å²) in [5, 5.41) is 168. The molecule has 0 radical (unpaired) electrons. The molecule has 16 heteroatoms. The minimum Gasteiger partial charge on any atom is -0.507 e. The number of benzene rings is 6. The molecule has 6 aromatic carbocycles. The number of aliphatic hydroxyl groups is 3. The molecule has 0 amide bonds. The summed E-state index contributed by atoms with van der Waals surface area (Å²) in [4.78, 5) is 0. The molecule has 0 saturated heterocycles. The molecule has 0 fully saturated rings. The molecule has 1 aliphatic heterocycles. The Morgan fingerprint density at radius 1 is 0.389 bits per heavy atom. The Morgan fingerprint density at radius 2 is 0.870 bits per heavy atom. The van der Waals surface area contributed by atoms with Crippen LogP contribution in [-0.4, -0.2) is 82.7 Å². The van der Waals surface area contributed by atoms with Gasteiger partial charge < -0.3 is 81.3 Å². The fourth-order valence-electron chi connectivity index (χ4n) is 8.04. The molecule has 54 heavy (non-hydrogen) atoms. The molecular formula is C38H24O16. The molecule has 10 rings (SSSR count). The summed E-state index contributed by atoms with van der Waals surface area (Å²) < 4.78 is 5.83. The largest absolute Gasteiger partial charge is 0.507 e. The van der Waals surface area contributed by atoms with Crippen LogP contribution in [0.1, 0.15) is 17.0 Å². The number of phenolic OH excluding ortho intramolecular Hbond substituents is 12. The van der Waals surface area contributed by atoms with Crippen molar-refractivity contribution < 1.29 is 81.3 Å². The van der Waals surface area contributed by atoms with Gasteiger partial charge in [-0.2, -0.15) is 0 Å². The van der Waals surface area contributed by atoms with E-state index >= 15 is 0 Å². The first-order valence-corrected chi connectivity index (χ1v) is 15.8. The van der Waals surface area contributed by atoms with Crippen LogP contribution in [0.2, 0.25) is 0 Å². The Bertz CT molecular complexity index is 2840. The SMILES string of the molecule is OC1=C(O)C2Oc3c(O)c(O)c4c(O)c3C2C(=C1O)c1c2ccccc2c(-c2c(O)c(O)c(O)c(O)c2O)c2cc(ccc12)-c1c(O)c(O)c(O)c-4c1O. The van der Waals surface area contributed by atoms with Gasteiger partial charge in [0.15, 0.2) is 57.9 Å². The Labute approximate surface area is 299 Å². The minimum atomic E-state index is -1.72. The average Bonchev–Trinajstić information content (AvgIpc) is 3.56. The quantitative estimate of drug-likeness (QED) is 0.0528. The summed E-state index contributed by atoms with van der Waals surface area (Å²) in [5.74, 6) is -19.2. The van der Waals surface area contributed by atoms with Crippen molar-refractivity contribution in [2.45, 2.75) is 12.0 Å². The van der Waals surface area contributed by atoms with Crippen molar-refractivity contribution in [2.75, 3.05) is 0 Å². The number of aromatic hydroxyl groups is 12. The topological polar surface area (TPSA) is 313 Å². The summed E-state index contributed by atoms with van der Waals surface area (Å²) >= 11 is 0. The maximum atomic E-state index is 12.0. The van der Waals surface area contributed by atoms with Crippen molar-refractivity contribution in [3.63, 3.8) is 0 Å². The van der Waals surface area contributed by atoms with E-state index in [1.165, 1.54) is 36.4 Å². The van der Waals surface area contributed by atoms with E-state index in [-0.39, 0.29) is 43.8 Å². The van der Waals surface area contributed by atoms with Crippen LogP contribution in [0.15, 0.2) is 59.7 Å². The fourth-order valence-corrected chi connectivity index (χ4v) is 8.04. The smallest absolute Gasteiger partial charge is 0.208 e. The zero-order valence-electron chi connectivity index (χ0n) is 26.8. The Kier molecular flexibility index (Phi) is 6.01. The molecule has 8 bridgehead atoms. The van der Waals surface area contributed by atoms with Gasteiger partial charge in [-0.1, -0.05) is 36.4 Å². The molecule has 1 heterocycles. The van der Waals surface area contributed by atoms with Gasteiger partial charge in [0.1, 0.15) is 11.5 Å². The van der Waals surface area contributed by atoms with Gasteiger partial charge in [-0.25, -0.2) is 0 Å². The van der Waals surface area contributed by atoms with Gasteiger partial charge >= 0.3 is 0 Å². The highest BCUT2D eigenvalue weighted by molar-refractivity contribution is 6.22. The first-order valence-electron chi connectivity index (χ1n) is 15.8. The van der Waals surface area contributed by atoms with Crippen LogP contribution < -0.4 is 4.74 Å². The third-order valence-corrected chi connectivity index (χ3v) is 10.4. The van der Waals surface area contributed by atoms with Crippen LogP contribution in [-0.2, 0) is 0 Å². The summed E-state index contributed by atoms with van der Waals surface area (Å²) in [6.45, 7) is 0. The van der Waals surface area contributed by atoms with Gasteiger partial charge in [0.2, 0.25) is 28.7 Å². The third-order valence-electron chi connectivity index (χ3n) is 10.4. The molecule has 2 atom stereocenters. The lowest BCUT2D eigenvalue weighted by Gasteiger charge is -2.30. The molecule has 0 aromatic heterocycles. The molecule has 2 unspecified atom stereocenters. The van der Waals surface area contributed by atoms with E-state index in [2.05, 4.69) is 0 Å². The highest BCUT2D eigenvalue weighted by Crippen LogP contribution is 2.67. The van der Waals surface area contributed by atoms with Crippen molar-refractivity contribution in [1.82, 2.24) is 0 Å². The van der Waals surface area contributed by atoms with Crippen molar-refractivity contribution in [3.8, 4) is 108 Å². The number of rotatable bonds is 1. The molecule has 6 aromatic rings. The Balaban J connectivity index is 1.61. The minimum absolute atomic E-state index is 0.0312. The number of phenols is 12. The zero-order valence-corrected chi connectivity index (χ0v) is 26.8. The lowest BCUT2D eigenvalue weighted by Crippen LogP contribution is -2.29. The lowest BCUT2D eigenvalue weighted by atomic mass is 9.74. The molecule has 4 aliphatic rings. The predicted molar refractivity (Wildman–Crippen MR) is 187 cm³/mol. The van der Waals surface area contributed by atoms with Crippen molar-refractivity contribution >= 4 is 27.1 Å². The highest BCUT2D eigenvalue weighted by atomic mass is 16.5. The zero-order chi connectivity index (χ0) is 38.6. The summed E-state index contributed by atoms with van der Waals surface area (Å²) in [7, 11) is 0. The lowest BCUT2D eigenvalue weighted by molar-refractivity contribution is 0.157. The van der Waals surface area contributed by atoms with Crippen molar-refractivity contribution in [2.24, 2.45) is 0 Å². The van der Waals surface area contributed by atoms with Crippen LogP contribution in [0.5, 0.6) is 74.7 Å². The van der Waals surface area contributed by atoms with E-state index in [0.717, 1.165) is 0 Å². The van der Waals surface area contributed by atoms with Crippen molar-refractivity contribution in [3.05, 3.63) is 70.9 Å². The predicted octanol–water partition coefficient (Wildman–Crippen LogP) is 5.93. The standard InChI is InChI=1S/C38H24O16/c39-22-13-8-5-6-11-12(7-8)15(18-26(43)31(48)34(51)32(49)27(18)44)10-4-2-1-3-9(10)14(11)16-17-21-23(40)20(19(22)28(45)30(47)24(13)41)29(46)35(52)38(21)54-37(17)36(53)33(50)25(16)42/h1-7,17,37,39-53H. The molecule has 3 aliphatic carbocycles. The van der Waals surface area contributed by atoms with Gasteiger partial charge in [-0.15, -0.1) is 0 Å². The Hall–Kier alpha value is -7.88. The monoisotopic (exact) mass is 736 g/mol. The fraction of sp³-hybridized carbons (Fsp3) is 0.0526. The van der Waals surface area contributed by atoms with Gasteiger partial charge in [0.05, 0.1) is 33.7 Å². The van der Waals surface area contributed by atoms with E-state index in [9.17, 15) is 76.6 Å². The number of ether oxygens (including phenoxy) is 1. The van der Waals surface area contributed by atoms with Gasteiger partial charge in [-0.05, 0) is 38.7 Å². The summed E-state index contributed by atoms with van der Waals surface area (Å²) in [5.41, 5.74) is -4.09. The van der Waals surface area contributed by atoms with E-state index in [4.69, 9.17) is 4.74 Å². The molecule has 272 valence electrons. The summed E-state index contributed by atoms with van der Waals surface area (Å²) in [6.07, 6.45) is -1.72.